The fourth-order valence-corrected chi connectivity index (χ4v) is 0.974. The van der Waals surface area contributed by atoms with E-state index in [0.717, 1.165) is 11.1 Å². The van der Waals surface area contributed by atoms with Crippen LogP contribution >= 0.6 is 0 Å². The van der Waals surface area contributed by atoms with Crippen LogP contribution in [0.1, 0.15) is 21.5 Å². The number of amides is 1. The lowest BCUT2D eigenvalue weighted by molar-refractivity contribution is 0.100. The van der Waals surface area contributed by atoms with Crippen LogP contribution in [-0.4, -0.2) is 5.91 Å². The number of carbonyl (C=O) groups excluding carboxylic acids is 1. The average molecular weight is 163 g/mol. The van der Waals surface area contributed by atoms with Gasteiger partial charge in [-0.05, 0) is 31.0 Å². The highest BCUT2D eigenvalue weighted by Crippen LogP contribution is 2.16. The summed E-state index contributed by atoms with van der Waals surface area (Å²) >= 11 is 0. The summed E-state index contributed by atoms with van der Waals surface area (Å²) in [4.78, 5) is 10.8. The van der Waals surface area contributed by atoms with Crippen molar-refractivity contribution in [3.8, 4) is 0 Å². The summed E-state index contributed by atoms with van der Waals surface area (Å²) < 4.78 is 0. The number of nitrogen functional groups attached to an aromatic ring is 1. The van der Waals surface area contributed by atoms with Crippen molar-refractivity contribution in [2.45, 2.75) is 13.8 Å². The first-order valence-electron chi connectivity index (χ1n) is 3.61. The second kappa shape index (κ2) is 2.85. The van der Waals surface area contributed by atoms with E-state index in [1.807, 2.05) is 13.8 Å². The molecule has 0 aliphatic carbocycles. The van der Waals surface area contributed by atoms with Crippen LogP contribution in [0.3, 0.4) is 0 Å². The van der Waals surface area contributed by atoms with Gasteiger partial charge in [0.2, 0.25) is 0 Å². The summed E-state index contributed by atoms with van der Waals surface area (Å²) in [6.45, 7) is 3.77. The number of anilines is 1. The maximum absolute atomic E-state index is 10.8. The van der Waals surface area contributed by atoms with Gasteiger partial charge in [-0.2, -0.15) is 0 Å². The maximum Gasteiger partial charge on any atom is 0.250 e. The van der Waals surface area contributed by atoms with Crippen LogP contribution < -0.4 is 11.5 Å². The lowest BCUT2D eigenvalue weighted by Crippen LogP contribution is -2.14. The van der Waals surface area contributed by atoms with Crippen LogP contribution in [0, 0.1) is 19.9 Å². The highest BCUT2D eigenvalue weighted by molar-refractivity contribution is 5.98. The normalized spacial score (nSPS) is 9.83. The van der Waals surface area contributed by atoms with E-state index in [1.54, 1.807) is 6.07 Å². The molecule has 0 saturated carbocycles. The Morgan fingerprint density at radius 3 is 2.58 bits per heavy atom. The molecule has 0 aliphatic rings. The third kappa shape index (κ3) is 1.39. The van der Waals surface area contributed by atoms with Crippen molar-refractivity contribution in [2.24, 2.45) is 5.73 Å². The predicted octanol–water partition coefficient (Wildman–Crippen LogP) is 0.785. The number of carbonyl (C=O) groups is 1. The Hall–Kier alpha value is -1.51. The average Bonchev–Trinajstić information content (AvgIpc) is 1.96. The molecule has 0 atom stereocenters. The highest BCUT2D eigenvalue weighted by Gasteiger charge is 2.07. The monoisotopic (exact) mass is 163 g/mol. The van der Waals surface area contributed by atoms with Gasteiger partial charge in [-0.25, -0.2) is 0 Å². The fourth-order valence-electron chi connectivity index (χ4n) is 0.974. The van der Waals surface area contributed by atoms with E-state index in [0.29, 0.717) is 11.3 Å². The van der Waals surface area contributed by atoms with E-state index in [9.17, 15) is 4.79 Å². The van der Waals surface area contributed by atoms with E-state index in [1.165, 1.54) is 0 Å². The molecule has 0 aliphatic heterocycles. The van der Waals surface area contributed by atoms with Crippen LogP contribution in [0.5, 0.6) is 0 Å². The third-order valence-electron chi connectivity index (χ3n) is 1.83. The minimum atomic E-state index is -0.508. The summed E-state index contributed by atoms with van der Waals surface area (Å²) in [6.07, 6.45) is 0. The van der Waals surface area contributed by atoms with Gasteiger partial charge in [0, 0.05) is 6.07 Å². The number of benzene rings is 1. The van der Waals surface area contributed by atoms with Gasteiger partial charge >= 0.3 is 0 Å². The molecule has 0 unspecified atom stereocenters. The number of primary amides is 1. The quantitative estimate of drug-likeness (QED) is 0.601. The molecular formula is C9H11N2O. The second-order valence-electron chi connectivity index (χ2n) is 2.77. The highest BCUT2D eigenvalue weighted by atomic mass is 16.1. The zero-order valence-corrected chi connectivity index (χ0v) is 7.14. The van der Waals surface area contributed by atoms with E-state index in [2.05, 4.69) is 6.07 Å². The molecule has 0 bridgehead atoms. The zero-order valence-electron chi connectivity index (χ0n) is 7.14. The Morgan fingerprint density at radius 1 is 1.50 bits per heavy atom. The van der Waals surface area contributed by atoms with Crippen molar-refractivity contribution in [2.75, 3.05) is 5.73 Å². The smallest absolute Gasteiger partial charge is 0.250 e. The molecule has 63 valence electrons. The Morgan fingerprint density at radius 2 is 2.08 bits per heavy atom. The van der Waals surface area contributed by atoms with E-state index in [4.69, 9.17) is 11.5 Å². The van der Waals surface area contributed by atoms with Gasteiger partial charge in [0.1, 0.15) is 0 Å². The maximum atomic E-state index is 10.8. The molecule has 4 N–H and O–H groups in total. The zero-order chi connectivity index (χ0) is 9.30. The van der Waals surface area contributed by atoms with Crippen LogP contribution in [0.4, 0.5) is 5.69 Å². The van der Waals surface area contributed by atoms with E-state index in [-0.39, 0.29) is 0 Å². The predicted molar refractivity (Wildman–Crippen MR) is 47.7 cm³/mol. The van der Waals surface area contributed by atoms with Crippen molar-refractivity contribution in [1.82, 2.24) is 0 Å². The fraction of sp³-hybridized carbons (Fsp3) is 0.222. The summed E-state index contributed by atoms with van der Waals surface area (Å²) in [5, 5.41) is 0. The lowest BCUT2D eigenvalue weighted by atomic mass is 10.0. The molecule has 1 aromatic carbocycles. The first-order valence-corrected chi connectivity index (χ1v) is 3.61. The van der Waals surface area contributed by atoms with Gasteiger partial charge in [0.25, 0.3) is 5.91 Å². The molecule has 1 aromatic rings. The topological polar surface area (TPSA) is 69.1 Å². The van der Waals surface area contributed by atoms with Crippen LogP contribution in [0.2, 0.25) is 0 Å². The first-order chi connectivity index (χ1) is 5.52. The number of nitrogens with two attached hydrogens (primary N) is 2. The standard InChI is InChI=1S/C9H11N2O/c1-5-3-7(9(11)12)8(10)4-6(5)2/h3H,10H2,1-2H3,(H2,11,12). The van der Waals surface area contributed by atoms with Gasteiger partial charge in [-0.15, -0.1) is 0 Å². The Kier molecular flexibility index (Phi) is 2.04. The van der Waals surface area contributed by atoms with Crippen molar-refractivity contribution in [1.29, 1.82) is 0 Å². The minimum Gasteiger partial charge on any atom is -0.398 e. The van der Waals surface area contributed by atoms with Gasteiger partial charge < -0.3 is 11.5 Å². The summed E-state index contributed by atoms with van der Waals surface area (Å²) in [5.74, 6) is -0.508. The molecule has 0 fully saturated rings. The number of rotatable bonds is 1. The van der Waals surface area contributed by atoms with Crippen molar-refractivity contribution in [3.63, 3.8) is 0 Å². The molecule has 0 saturated heterocycles. The number of hydrogen-bond donors (Lipinski definition) is 2. The number of hydrogen-bond acceptors (Lipinski definition) is 2. The largest absolute Gasteiger partial charge is 0.398 e. The summed E-state index contributed by atoms with van der Waals surface area (Å²) in [7, 11) is 0. The molecule has 0 aromatic heterocycles. The lowest BCUT2D eigenvalue weighted by Gasteiger charge is -2.04. The SMILES string of the molecule is Cc1[c]c(N)c(C(N)=O)cc1C. The molecule has 3 nitrogen and oxygen atoms in total. The Balaban J connectivity index is 3.33. The van der Waals surface area contributed by atoms with Crippen LogP contribution in [-0.2, 0) is 0 Å². The molecule has 3 heteroatoms. The molecular weight excluding hydrogens is 152 g/mol. The third-order valence-corrected chi connectivity index (χ3v) is 1.83. The Bertz CT molecular complexity index is 332. The Labute approximate surface area is 71.4 Å². The molecule has 1 amide bonds. The van der Waals surface area contributed by atoms with Gasteiger partial charge in [-0.3, -0.25) is 4.79 Å². The first kappa shape index (κ1) is 8.59. The molecule has 0 spiro atoms. The van der Waals surface area contributed by atoms with Gasteiger partial charge in [0.15, 0.2) is 0 Å². The summed E-state index contributed by atoms with van der Waals surface area (Å²) in [6, 6.07) is 4.55. The minimum absolute atomic E-state index is 0.325. The van der Waals surface area contributed by atoms with Crippen molar-refractivity contribution in [3.05, 3.63) is 28.8 Å². The summed E-state index contributed by atoms with van der Waals surface area (Å²) in [5.41, 5.74) is 13.2. The van der Waals surface area contributed by atoms with Crippen LogP contribution in [0.25, 0.3) is 0 Å². The molecule has 1 radical (unpaired) electrons. The van der Waals surface area contributed by atoms with E-state index >= 15 is 0 Å². The van der Waals surface area contributed by atoms with Gasteiger partial charge in [0.05, 0.1) is 11.3 Å². The van der Waals surface area contributed by atoms with Gasteiger partial charge in [-0.1, -0.05) is 0 Å². The number of aryl methyl sites for hydroxylation is 2. The molecule has 1 rings (SSSR count). The van der Waals surface area contributed by atoms with Crippen molar-refractivity contribution >= 4 is 11.6 Å². The molecule has 0 heterocycles. The van der Waals surface area contributed by atoms with Crippen molar-refractivity contribution < 1.29 is 4.79 Å². The second-order valence-corrected chi connectivity index (χ2v) is 2.77. The molecule has 12 heavy (non-hydrogen) atoms. The van der Waals surface area contributed by atoms with Crippen LogP contribution in [0.15, 0.2) is 6.07 Å². The van der Waals surface area contributed by atoms with E-state index < -0.39 is 5.91 Å².